The first-order chi connectivity index (χ1) is 11.7. The molecule has 0 saturated heterocycles. The van der Waals surface area contributed by atoms with E-state index in [0.717, 1.165) is 49.9 Å². The number of rotatable bonds is 10. The van der Waals surface area contributed by atoms with Gasteiger partial charge in [-0.05, 0) is 51.2 Å². The maximum atomic E-state index is 5.17. The van der Waals surface area contributed by atoms with Gasteiger partial charge in [-0.25, -0.2) is 9.97 Å². The van der Waals surface area contributed by atoms with Crippen LogP contribution in [-0.4, -0.2) is 55.7 Å². The number of ether oxygens (including phenoxy) is 1. The van der Waals surface area contributed by atoms with Crippen LogP contribution >= 0.6 is 0 Å². The van der Waals surface area contributed by atoms with Gasteiger partial charge in [-0.2, -0.15) is 0 Å². The monoisotopic (exact) mass is 329 g/mol. The fourth-order valence-corrected chi connectivity index (χ4v) is 2.29. The van der Waals surface area contributed by atoms with Crippen molar-refractivity contribution in [2.45, 2.75) is 12.8 Å². The molecule has 2 aromatic rings. The average Bonchev–Trinajstić information content (AvgIpc) is 2.60. The Bertz CT molecular complexity index is 601. The third-order valence-corrected chi connectivity index (χ3v) is 3.63. The Morgan fingerprint density at radius 2 is 1.67 bits per heavy atom. The van der Waals surface area contributed by atoms with Crippen molar-refractivity contribution in [3.05, 3.63) is 42.2 Å². The second kappa shape index (κ2) is 9.72. The second-order valence-corrected chi connectivity index (χ2v) is 5.90. The summed E-state index contributed by atoms with van der Waals surface area (Å²) in [5.74, 6) is 2.58. The van der Waals surface area contributed by atoms with Gasteiger partial charge >= 0.3 is 0 Å². The Morgan fingerprint density at radius 3 is 2.29 bits per heavy atom. The van der Waals surface area contributed by atoms with Crippen LogP contribution in [-0.2, 0) is 6.42 Å². The number of nitrogens with zero attached hydrogens (tertiary/aromatic N) is 3. The molecule has 2 rings (SSSR count). The average molecular weight is 329 g/mol. The van der Waals surface area contributed by atoms with Gasteiger partial charge in [0.25, 0.3) is 0 Å². The van der Waals surface area contributed by atoms with Crippen LogP contribution in [0, 0.1) is 0 Å². The van der Waals surface area contributed by atoms with Crippen molar-refractivity contribution in [1.29, 1.82) is 0 Å². The highest BCUT2D eigenvalue weighted by Gasteiger charge is 2.00. The molecule has 0 aliphatic heterocycles. The van der Waals surface area contributed by atoms with Gasteiger partial charge in [0.1, 0.15) is 23.7 Å². The van der Waals surface area contributed by atoms with Crippen molar-refractivity contribution in [3.8, 4) is 5.75 Å². The topological polar surface area (TPSA) is 62.3 Å². The van der Waals surface area contributed by atoms with Crippen molar-refractivity contribution in [1.82, 2.24) is 14.9 Å². The van der Waals surface area contributed by atoms with Gasteiger partial charge in [-0.15, -0.1) is 0 Å². The van der Waals surface area contributed by atoms with Gasteiger partial charge in [0, 0.05) is 19.2 Å². The normalized spacial score (nSPS) is 10.7. The lowest BCUT2D eigenvalue weighted by molar-refractivity contribution is 0.405. The lowest BCUT2D eigenvalue weighted by Gasteiger charge is -2.11. The second-order valence-electron chi connectivity index (χ2n) is 5.90. The van der Waals surface area contributed by atoms with Gasteiger partial charge in [0.05, 0.1) is 7.11 Å². The maximum absolute atomic E-state index is 5.17. The highest BCUT2D eigenvalue weighted by Crippen LogP contribution is 2.12. The van der Waals surface area contributed by atoms with Gasteiger partial charge in [0.15, 0.2) is 0 Å². The molecule has 6 heteroatoms. The van der Waals surface area contributed by atoms with Gasteiger partial charge in [-0.1, -0.05) is 12.1 Å². The summed E-state index contributed by atoms with van der Waals surface area (Å²) < 4.78 is 5.17. The SMILES string of the molecule is COc1ccc(CCNc2cc(NCCCN(C)C)ncn2)cc1. The van der Waals surface area contributed by atoms with E-state index in [2.05, 4.69) is 51.7 Å². The molecule has 0 unspecified atom stereocenters. The summed E-state index contributed by atoms with van der Waals surface area (Å²) in [6, 6.07) is 10.1. The van der Waals surface area contributed by atoms with E-state index in [-0.39, 0.29) is 0 Å². The molecular weight excluding hydrogens is 302 g/mol. The van der Waals surface area contributed by atoms with Crippen LogP contribution in [0.25, 0.3) is 0 Å². The van der Waals surface area contributed by atoms with Crippen molar-refractivity contribution in [2.24, 2.45) is 0 Å². The van der Waals surface area contributed by atoms with Crippen molar-refractivity contribution in [3.63, 3.8) is 0 Å². The molecular formula is C18H27N5O. The fraction of sp³-hybridized carbons (Fsp3) is 0.444. The first kappa shape index (κ1) is 18.0. The van der Waals surface area contributed by atoms with E-state index in [9.17, 15) is 0 Å². The summed E-state index contributed by atoms with van der Waals surface area (Å²) in [7, 11) is 5.84. The summed E-state index contributed by atoms with van der Waals surface area (Å²) in [6.07, 6.45) is 3.60. The number of hydrogen-bond acceptors (Lipinski definition) is 6. The van der Waals surface area contributed by atoms with Gasteiger partial charge in [0.2, 0.25) is 0 Å². The molecule has 0 spiro atoms. The van der Waals surface area contributed by atoms with E-state index >= 15 is 0 Å². The summed E-state index contributed by atoms with van der Waals surface area (Å²) in [5, 5.41) is 6.67. The van der Waals surface area contributed by atoms with Crippen LogP contribution < -0.4 is 15.4 Å². The van der Waals surface area contributed by atoms with Crippen molar-refractivity contribution < 1.29 is 4.74 Å². The summed E-state index contributed by atoms with van der Waals surface area (Å²) >= 11 is 0. The number of anilines is 2. The fourth-order valence-electron chi connectivity index (χ4n) is 2.29. The molecule has 24 heavy (non-hydrogen) atoms. The quantitative estimate of drug-likeness (QED) is 0.653. The van der Waals surface area contributed by atoms with Gasteiger partial charge < -0.3 is 20.3 Å². The zero-order valence-corrected chi connectivity index (χ0v) is 14.7. The van der Waals surface area contributed by atoms with Crippen LogP contribution in [0.5, 0.6) is 5.75 Å². The molecule has 0 fully saturated rings. The van der Waals surface area contributed by atoms with Crippen molar-refractivity contribution >= 4 is 11.6 Å². The highest BCUT2D eigenvalue weighted by atomic mass is 16.5. The lowest BCUT2D eigenvalue weighted by Crippen LogP contribution is -2.16. The summed E-state index contributed by atoms with van der Waals surface area (Å²) in [4.78, 5) is 10.7. The molecule has 0 aliphatic carbocycles. The smallest absolute Gasteiger partial charge is 0.131 e. The van der Waals surface area contributed by atoms with Crippen LogP contribution in [0.2, 0.25) is 0 Å². The Labute approximate surface area is 144 Å². The third-order valence-electron chi connectivity index (χ3n) is 3.63. The van der Waals surface area contributed by atoms with E-state index in [4.69, 9.17) is 4.74 Å². The minimum Gasteiger partial charge on any atom is -0.497 e. The molecule has 1 aromatic heterocycles. The van der Waals surface area contributed by atoms with E-state index in [1.54, 1.807) is 13.4 Å². The highest BCUT2D eigenvalue weighted by molar-refractivity contribution is 5.46. The molecule has 0 bridgehead atoms. The minimum atomic E-state index is 0.823. The summed E-state index contributed by atoms with van der Waals surface area (Å²) in [6.45, 7) is 2.79. The third kappa shape index (κ3) is 6.42. The number of hydrogen-bond donors (Lipinski definition) is 2. The molecule has 1 heterocycles. The Balaban J connectivity index is 1.74. The molecule has 0 amide bonds. The summed E-state index contributed by atoms with van der Waals surface area (Å²) in [5.41, 5.74) is 1.26. The number of nitrogens with one attached hydrogen (secondary N) is 2. The first-order valence-corrected chi connectivity index (χ1v) is 8.25. The van der Waals surface area contributed by atoms with Crippen molar-refractivity contribution in [2.75, 3.05) is 51.5 Å². The van der Waals surface area contributed by atoms with E-state index < -0.39 is 0 Å². The number of benzene rings is 1. The molecule has 0 radical (unpaired) electrons. The largest absolute Gasteiger partial charge is 0.497 e. The molecule has 1 aromatic carbocycles. The molecule has 6 nitrogen and oxygen atoms in total. The van der Waals surface area contributed by atoms with E-state index in [0.29, 0.717) is 0 Å². The molecule has 0 aliphatic rings. The first-order valence-electron chi connectivity index (χ1n) is 8.25. The zero-order chi connectivity index (χ0) is 17.2. The maximum Gasteiger partial charge on any atom is 0.131 e. The Kier molecular flexibility index (Phi) is 7.29. The van der Waals surface area contributed by atoms with Crippen LogP contribution in [0.1, 0.15) is 12.0 Å². The zero-order valence-electron chi connectivity index (χ0n) is 14.7. The Hall–Kier alpha value is -2.34. The number of methoxy groups -OCH3 is 1. The number of aromatic nitrogens is 2. The van der Waals surface area contributed by atoms with Crippen LogP contribution in [0.15, 0.2) is 36.7 Å². The Morgan fingerprint density at radius 1 is 1.00 bits per heavy atom. The predicted octanol–water partition coefficient (Wildman–Crippen LogP) is 2.50. The molecule has 130 valence electrons. The standard InChI is InChI=1S/C18H27N5O/c1-23(2)12-4-10-19-17-13-18(22-14-21-17)20-11-9-15-5-7-16(24-3)8-6-15/h5-8,13-14H,4,9-12H2,1-3H3,(H2,19,20,21,22). The molecule has 2 N–H and O–H groups in total. The minimum absolute atomic E-state index is 0.823. The van der Waals surface area contributed by atoms with Crippen LogP contribution in [0.4, 0.5) is 11.6 Å². The van der Waals surface area contributed by atoms with E-state index in [1.807, 2.05) is 18.2 Å². The van der Waals surface area contributed by atoms with Gasteiger partial charge in [-0.3, -0.25) is 0 Å². The lowest BCUT2D eigenvalue weighted by atomic mass is 10.1. The molecule has 0 saturated carbocycles. The predicted molar refractivity (Wildman–Crippen MR) is 98.9 cm³/mol. The van der Waals surface area contributed by atoms with E-state index in [1.165, 1.54) is 5.56 Å². The molecule has 0 atom stereocenters. The van der Waals surface area contributed by atoms with Crippen LogP contribution in [0.3, 0.4) is 0 Å².